The van der Waals surface area contributed by atoms with Crippen molar-refractivity contribution in [1.82, 2.24) is 9.55 Å². The zero-order valence-electron chi connectivity index (χ0n) is 11.5. The van der Waals surface area contributed by atoms with E-state index in [4.69, 9.17) is 21.9 Å². The predicted octanol–water partition coefficient (Wildman–Crippen LogP) is 2.65. The van der Waals surface area contributed by atoms with Gasteiger partial charge in [0.05, 0.1) is 13.7 Å². The largest absolute Gasteiger partial charge is 0.497 e. The third kappa shape index (κ3) is 2.12. The summed E-state index contributed by atoms with van der Waals surface area (Å²) in [4.78, 5) is 4.72. The van der Waals surface area contributed by atoms with E-state index in [0.29, 0.717) is 18.3 Å². The van der Waals surface area contributed by atoms with Crippen molar-refractivity contribution in [2.45, 2.75) is 25.3 Å². The van der Waals surface area contributed by atoms with Crippen LogP contribution in [-0.4, -0.2) is 16.7 Å². The number of terminal acetylenes is 1. The number of methoxy groups -OCH3 is 1. The van der Waals surface area contributed by atoms with Crippen molar-refractivity contribution in [1.29, 1.82) is 0 Å². The molecule has 1 aliphatic carbocycles. The molecule has 2 aromatic rings. The fourth-order valence-corrected chi connectivity index (χ4v) is 2.38. The van der Waals surface area contributed by atoms with Gasteiger partial charge in [-0.2, -0.15) is 0 Å². The number of benzene rings is 1. The van der Waals surface area contributed by atoms with Gasteiger partial charge in [0.15, 0.2) is 0 Å². The molecule has 0 spiro atoms. The van der Waals surface area contributed by atoms with E-state index in [1.807, 2.05) is 28.8 Å². The summed E-state index contributed by atoms with van der Waals surface area (Å²) in [5.74, 6) is 5.60. The van der Waals surface area contributed by atoms with E-state index in [1.54, 1.807) is 7.11 Å². The molecule has 0 atom stereocenters. The Morgan fingerprint density at radius 2 is 2.30 bits per heavy atom. The lowest BCUT2D eigenvalue weighted by atomic mass is 10.1. The number of rotatable bonds is 4. The highest BCUT2D eigenvalue weighted by Gasteiger charge is 2.30. The van der Waals surface area contributed by atoms with Crippen LogP contribution in [0.5, 0.6) is 5.75 Å². The first-order valence-electron chi connectivity index (χ1n) is 6.68. The van der Waals surface area contributed by atoms with Crippen molar-refractivity contribution in [2.75, 3.05) is 12.8 Å². The zero-order chi connectivity index (χ0) is 14.1. The molecule has 20 heavy (non-hydrogen) atoms. The highest BCUT2D eigenvalue weighted by molar-refractivity contribution is 5.72. The van der Waals surface area contributed by atoms with E-state index in [9.17, 15) is 0 Å². The molecule has 102 valence electrons. The van der Waals surface area contributed by atoms with Crippen molar-refractivity contribution < 1.29 is 4.74 Å². The molecule has 1 heterocycles. The summed E-state index contributed by atoms with van der Waals surface area (Å²) in [6.07, 6.45) is 7.77. The highest BCUT2D eigenvalue weighted by atomic mass is 16.5. The van der Waals surface area contributed by atoms with Crippen LogP contribution in [0, 0.1) is 12.3 Å². The van der Waals surface area contributed by atoms with Gasteiger partial charge in [0.2, 0.25) is 0 Å². The van der Waals surface area contributed by atoms with E-state index in [0.717, 1.165) is 22.8 Å². The molecule has 4 nitrogen and oxygen atoms in total. The molecular weight excluding hydrogens is 250 g/mol. The molecule has 0 saturated heterocycles. The fraction of sp³-hybridized carbons (Fsp3) is 0.312. The van der Waals surface area contributed by atoms with E-state index in [1.165, 1.54) is 12.8 Å². The molecule has 1 aliphatic rings. The summed E-state index contributed by atoms with van der Waals surface area (Å²) >= 11 is 0. The van der Waals surface area contributed by atoms with Crippen LogP contribution in [-0.2, 0) is 6.54 Å². The molecule has 1 aromatic heterocycles. The van der Waals surface area contributed by atoms with Crippen LogP contribution in [0.4, 0.5) is 5.82 Å². The molecule has 4 heteroatoms. The van der Waals surface area contributed by atoms with Crippen LogP contribution < -0.4 is 10.5 Å². The predicted molar refractivity (Wildman–Crippen MR) is 79.4 cm³/mol. The average Bonchev–Trinajstić information content (AvgIpc) is 3.26. The van der Waals surface area contributed by atoms with E-state index >= 15 is 0 Å². The second-order valence-corrected chi connectivity index (χ2v) is 5.00. The second-order valence-electron chi connectivity index (χ2n) is 5.00. The van der Waals surface area contributed by atoms with Crippen LogP contribution >= 0.6 is 0 Å². The van der Waals surface area contributed by atoms with Gasteiger partial charge in [0, 0.05) is 11.5 Å². The minimum absolute atomic E-state index is 0.467. The van der Waals surface area contributed by atoms with Gasteiger partial charge in [-0.25, -0.2) is 4.98 Å². The molecular formula is C16H17N3O. The van der Waals surface area contributed by atoms with Crippen LogP contribution in [0.1, 0.15) is 24.6 Å². The Morgan fingerprint density at radius 3 is 2.95 bits per heavy atom. The maximum Gasteiger partial charge on any atom is 0.132 e. The molecule has 1 saturated carbocycles. The first kappa shape index (κ1) is 12.6. The molecule has 0 unspecified atom stereocenters. The quantitative estimate of drug-likeness (QED) is 0.866. The van der Waals surface area contributed by atoms with Gasteiger partial charge in [-0.05, 0) is 25.0 Å². The molecule has 0 amide bonds. The number of hydrogen-bond donors (Lipinski definition) is 1. The van der Waals surface area contributed by atoms with Gasteiger partial charge in [-0.15, -0.1) is 6.42 Å². The molecule has 0 aliphatic heterocycles. The lowest BCUT2D eigenvalue weighted by Gasteiger charge is -2.05. The normalized spacial score (nSPS) is 14.0. The zero-order valence-corrected chi connectivity index (χ0v) is 11.5. The van der Waals surface area contributed by atoms with Crippen molar-refractivity contribution in [3.05, 3.63) is 30.1 Å². The first-order chi connectivity index (χ1) is 9.74. The van der Waals surface area contributed by atoms with Crippen molar-refractivity contribution in [2.24, 2.45) is 0 Å². The monoisotopic (exact) mass is 267 g/mol. The minimum atomic E-state index is 0.467. The van der Waals surface area contributed by atoms with Gasteiger partial charge < -0.3 is 15.0 Å². The third-order valence-corrected chi connectivity index (χ3v) is 3.57. The lowest BCUT2D eigenvalue weighted by Crippen LogP contribution is -2.05. The Hall–Kier alpha value is -2.41. The molecule has 0 bridgehead atoms. The number of aromatic nitrogens is 2. The van der Waals surface area contributed by atoms with Crippen molar-refractivity contribution in [3.8, 4) is 29.4 Å². The Kier molecular flexibility index (Phi) is 3.11. The van der Waals surface area contributed by atoms with Crippen LogP contribution in [0.25, 0.3) is 11.3 Å². The number of nitrogen functional groups attached to an aromatic ring is 1. The Morgan fingerprint density at radius 1 is 1.50 bits per heavy atom. The van der Waals surface area contributed by atoms with Gasteiger partial charge in [0.1, 0.15) is 23.1 Å². The third-order valence-electron chi connectivity index (χ3n) is 3.57. The summed E-state index contributed by atoms with van der Waals surface area (Å²) in [6, 6.07) is 7.76. The molecule has 1 aromatic carbocycles. The Bertz CT molecular complexity index is 678. The summed E-state index contributed by atoms with van der Waals surface area (Å²) < 4.78 is 7.20. The van der Waals surface area contributed by atoms with E-state index < -0.39 is 0 Å². The van der Waals surface area contributed by atoms with Crippen molar-refractivity contribution in [3.63, 3.8) is 0 Å². The number of ether oxygens (including phenoxy) is 1. The van der Waals surface area contributed by atoms with E-state index in [-0.39, 0.29) is 0 Å². The maximum absolute atomic E-state index is 6.24. The fourth-order valence-electron chi connectivity index (χ4n) is 2.38. The SMILES string of the molecule is C#CCn1c(C2CC2)nc(-c2cccc(OC)c2)c1N. The summed E-state index contributed by atoms with van der Waals surface area (Å²) in [6.45, 7) is 0.467. The summed E-state index contributed by atoms with van der Waals surface area (Å²) in [5, 5.41) is 0. The number of nitrogens with zero attached hydrogens (tertiary/aromatic N) is 2. The number of hydrogen-bond acceptors (Lipinski definition) is 3. The summed E-state index contributed by atoms with van der Waals surface area (Å²) in [7, 11) is 1.65. The van der Waals surface area contributed by atoms with Crippen LogP contribution in [0.3, 0.4) is 0 Å². The molecule has 1 fully saturated rings. The van der Waals surface area contributed by atoms with Gasteiger partial charge in [0.25, 0.3) is 0 Å². The second kappa shape index (κ2) is 4.93. The van der Waals surface area contributed by atoms with Crippen LogP contribution in [0.2, 0.25) is 0 Å². The van der Waals surface area contributed by atoms with Gasteiger partial charge >= 0.3 is 0 Å². The first-order valence-corrected chi connectivity index (χ1v) is 6.68. The Balaban J connectivity index is 2.09. The standard InChI is InChI=1S/C16H17N3O/c1-3-9-19-15(17)14(18-16(19)11-7-8-11)12-5-4-6-13(10-12)20-2/h1,4-6,10-11H,7-9,17H2,2H3. The smallest absolute Gasteiger partial charge is 0.132 e. The maximum atomic E-state index is 6.24. The number of nitrogens with two attached hydrogens (primary N) is 1. The molecule has 3 rings (SSSR count). The topological polar surface area (TPSA) is 53.1 Å². The van der Waals surface area contributed by atoms with E-state index in [2.05, 4.69) is 5.92 Å². The molecule has 0 radical (unpaired) electrons. The highest BCUT2D eigenvalue weighted by Crippen LogP contribution is 2.42. The number of imidazole rings is 1. The minimum Gasteiger partial charge on any atom is -0.497 e. The van der Waals surface area contributed by atoms with Gasteiger partial charge in [-0.1, -0.05) is 18.1 Å². The lowest BCUT2D eigenvalue weighted by molar-refractivity contribution is 0.415. The van der Waals surface area contributed by atoms with Gasteiger partial charge in [-0.3, -0.25) is 0 Å². The van der Waals surface area contributed by atoms with Crippen molar-refractivity contribution >= 4 is 5.82 Å². The molecule has 2 N–H and O–H groups in total. The van der Waals surface area contributed by atoms with Crippen LogP contribution in [0.15, 0.2) is 24.3 Å². The Labute approximate surface area is 118 Å². The number of anilines is 1. The summed E-state index contributed by atoms with van der Waals surface area (Å²) in [5.41, 5.74) is 7.99. The average molecular weight is 267 g/mol.